The van der Waals surface area contributed by atoms with Gasteiger partial charge in [0.25, 0.3) is 0 Å². The number of hydrazone groups is 1. The summed E-state index contributed by atoms with van der Waals surface area (Å²) in [5.74, 6) is 0. The molecule has 0 aliphatic carbocycles. The standard InChI is InChI=1S/C17H20N2/c1-13-9-11-17(12-10-13)15(3)19-18-14(2)16-7-5-4-6-8-16/h4-12,15,19H,1-3H3/b18-14+. The average Bonchev–Trinajstić information content (AvgIpc) is 2.46. The number of nitrogens with one attached hydrogen (secondary N) is 1. The SMILES string of the molecule is C/C(=N\NC(C)c1ccc(C)cc1)c1ccccc1. The number of benzene rings is 2. The first-order valence-electron chi connectivity index (χ1n) is 6.58. The molecule has 1 atom stereocenters. The van der Waals surface area contributed by atoms with Gasteiger partial charge in [0.05, 0.1) is 11.8 Å². The van der Waals surface area contributed by atoms with Crippen LogP contribution in [0, 0.1) is 6.92 Å². The molecule has 2 nitrogen and oxygen atoms in total. The minimum Gasteiger partial charge on any atom is -0.303 e. The Labute approximate surface area is 115 Å². The average molecular weight is 252 g/mol. The van der Waals surface area contributed by atoms with Gasteiger partial charge in [-0.25, -0.2) is 0 Å². The fraction of sp³-hybridized carbons (Fsp3) is 0.235. The molecule has 98 valence electrons. The summed E-state index contributed by atoms with van der Waals surface area (Å²) < 4.78 is 0. The monoisotopic (exact) mass is 252 g/mol. The molecule has 0 fully saturated rings. The molecular formula is C17H20N2. The molecule has 0 aromatic heterocycles. The molecule has 19 heavy (non-hydrogen) atoms. The maximum absolute atomic E-state index is 4.46. The number of rotatable bonds is 4. The second-order valence-electron chi connectivity index (χ2n) is 4.82. The van der Waals surface area contributed by atoms with Crippen LogP contribution in [-0.2, 0) is 0 Å². The molecule has 0 radical (unpaired) electrons. The molecule has 0 aliphatic heterocycles. The lowest BCUT2D eigenvalue weighted by molar-refractivity contribution is 0.605. The van der Waals surface area contributed by atoms with Crippen molar-refractivity contribution in [3.8, 4) is 0 Å². The Morgan fingerprint density at radius 2 is 1.63 bits per heavy atom. The first kappa shape index (κ1) is 13.3. The van der Waals surface area contributed by atoms with Gasteiger partial charge in [-0.1, -0.05) is 60.2 Å². The molecule has 2 aromatic carbocycles. The largest absolute Gasteiger partial charge is 0.303 e. The van der Waals surface area contributed by atoms with Crippen LogP contribution in [0.2, 0.25) is 0 Å². The molecule has 1 unspecified atom stereocenters. The Balaban J connectivity index is 2.03. The summed E-state index contributed by atoms with van der Waals surface area (Å²) >= 11 is 0. The zero-order chi connectivity index (χ0) is 13.7. The lowest BCUT2D eigenvalue weighted by Crippen LogP contribution is -2.14. The lowest BCUT2D eigenvalue weighted by Gasteiger charge is -2.12. The molecule has 0 amide bonds. The Hall–Kier alpha value is -2.09. The van der Waals surface area contributed by atoms with Crippen LogP contribution in [0.4, 0.5) is 0 Å². The number of hydrogen-bond donors (Lipinski definition) is 1. The summed E-state index contributed by atoms with van der Waals surface area (Å²) in [6, 6.07) is 18.9. The fourth-order valence-corrected chi connectivity index (χ4v) is 1.87. The van der Waals surface area contributed by atoms with E-state index in [1.54, 1.807) is 0 Å². The molecule has 0 spiro atoms. The van der Waals surface area contributed by atoms with Crippen LogP contribution >= 0.6 is 0 Å². The van der Waals surface area contributed by atoms with Crippen LogP contribution in [0.25, 0.3) is 0 Å². The molecule has 0 heterocycles. The van der Waals surface area contributed by atoms with Crippen molar-refractivity contribution in [2.75, 3.05) is 0 Å². The first-order valence-corrected chi connectivity index (χ1v) is 6.58. The van der Waals surface area contributed by atoms with Gasteiger partial charge in [-0.2, -0.15) is 5.10 Å². The Kier molecular flexibility index (Phi) is 4.35. The Morgan fingerprint density at radius 1 is 1.00 bits per heavy atom. The highest BCUT2D eigenvalue weighted by molar-refractivity contribution is 5.98. The van der Waals surface area contributed by atoms with Crippen molar-refractivity contribution >= 4 is 5.71 Å². The highest BCUT2D eigenvalue weighted by Gasteiger charge is 2.03. The molecule has 0 saturated heterocycles. The van der Waals surface area contributed by atoms with Crippen molar-refractivity contribution in [1.82, 2.24) is 5.43 Å². The third-order valence-electron chi connectivity index (χ3n) is 3.19. The van der Waals surface area contributed by atoms with Crippen LogP contribution in [0.5, 0.6) is 0 Å². The van der Waals surface area contributed by atoms with Crippen LogP contribution in [0.1, 0.15) is 36.6 Å². The second-order valence-corrected chi connectivity index (χ2v) is 4.82. The van der Waals surface area contributed by atoms with Crippen molar-refractivity contribution in [3.63, 3.8) is 0 Å². The Morgan fingerprint density at radius 3 is 2.26 bits per heavy atom. The number of hydrogen-bond acceptors (Lipinski definition) is 2. The van der Waals surface area contributed by atoms with Crippen molar-refractivity contribution in [3.05, 3.63) is 71.3 Å². The van der Waals surface area contributed by atoms with E-state index in [0.717, 1.165) is 11.3 Å². The topological polar surface area (TPSA) is 24.4 Å². The van der Waals surface area contributed by atoms with Gasteiger partial charge in [0.15, 0.2) is 0 Å². The number of aryl methyl sites for hydroxylation is 1. The zero-order valence-electron chi connectivity index (χ0n) is 11.7. The summed E-state index contributed by atoms with van der Waals surface area (Å²) in [5.41, 5.74) is 7.87. The summed E-state index contributed by atoms with van der Waals surface area (Å²) in [4.78, 5) is 0. The van der Waals surface area contributed by atoms with Crippen LogP contribution in [0.3, 0.4) is 0 Å². The fourth-order valence-electron chi connectivity index (χ4n) is 1.87. The molecule has 2 heteroatoms. The van der Waals surface area contributed by atoms with E-state index in [-0.39, 0.29) is 6.04 Å². The van der Waals surface area contributed by atoms with Gasteiger partial charge < -0.3 is 5.43 Å². The second kappa shape index (κ2) is 6.19. The van der Waals surface area contributed by atoms with E-state index >= 15 is 0 Å². The maximum Gasteiger partial charge on any atom is 0.0661 e. The highest BCUT2D eigenvalue weighted by atomic mass is 15.3. The molecule has 0 bridgehead atoms. The number of nitrogens with zero attached hydrogens (tertiary/aromatic N) is 1. The third-order valence-corrected chi connectivity index (χ3v) is 3.19. The van der Waals surface area contributed by atoms with E-state index in [1.807, 2.05) is 25.1 Å². The molecule has 2 rings (SSSR count). The highest BCUT2D eigenvalue weighted by Crippen LogP contribution is 2.13. The minimum absolute atomic E-state index is 0.208. The van der Waals surface area contributed by atoms with Gasteiger partial charge in [0, 0.05) is 0 Å². The van der Waals surface area contributed by atoms with Gasteiger partial charge in [-0.3, -0.25) is 0 Å². The van der Waals surface area contributed by atoms with Crippen LogP contribution < -0.4 is 5.43 Å². The maximum atomic E-state index is 4.46. The van der Waals surface area contributed by atoms with E-state index in [4.69, 9.17) is 0 Å². The summed E-state index contributed by atoms with van der Waals surface area (Å²) in [5, 5.41) is 4.46. The van der Waals surface area contributed by atoms with Crippen molar-refractivity contribution in [1.29, 1.82) is 0 Å². The van der Waals surface area contributed by atoms with E-state index < -0.39 is 0 Å². The minimum atomic E-state index is 0.208. The van der Waals surface area contributed by atoms with Gasteiger partial charge in [0.1, 0.15) is 0 Å². The first-order chi connectivity index (χ1) is 9.16. The lowest BCUT2D eigenvalue weighted by atomic mass is 10.1. The van der Waals surface area contributed by atoms with Crippen molar-refractivity contribution < 1.29 is 0 Å². The molecule has 2 aromatic rings. The zero-order valence-corrected chi connectivity index (χ0v) is 11.7. The molecular weight excluding hydrogens is 232 g/mol. The van der Waals surface area contributed by atoms with E-state index in [1.165, 1.54) is 11.1 Å². The van der Waals surface area contributed by atoms with Gasteiger partial charge in [0.2, 0.25) is 0 Å². The van der Waals surface area contributed by atoms with Crippen LogP contribution in [0.15, 0.2) is 59.7 Å². The summed E-state index contributed by atoms with van der Waals surface area (Å²) in [6.07, 6.45) is 0. The molecule has 0 saturated carbocycles. The van der Waals surface area contributed by atoms with Gasteiger partial charge in [-0.05, 0) is 31.9 Å². The predicted octanol–water partition coefficient (Wildman–Crippen LogP) is 4.07. The van der Waals surface area contributed by atoms with Gasteiger partial charge >= 0.3 is 0 Å². The quantitative estimate of drug-likeness (QED) is 0.643. The predicted molar refractivity (Wildman–Crippen MR) is 81.4 cm³/mol. The van der Waals surface area contributed by atoms with Crippen molar-refractivity contribution in [2.24, 2.45) is 5.10 Å². The van der Waals surface area contributed by atoms with Crippen molar-refractivity contribution in [2.45, 2.75) is 26.8 Å². The van der Waals surface area contributed by atoms with Gasteiger partial charge in [-0.15, -0.1) is 0 Å². The Bertz CT molecular complexity index is 541. The third kappa shape index (κ3) is 3.68. The summed E-state index contributed by atoms with van der Waals surface area (Å²) in [7, 11) is 0. The molecule has 0 aliphatic rings. The van der Waals surface area contributed by atoms with Crippen LogP contribution in [-0.4, -0.2) is 5.71 Å². The van der Waals surface area contributed by atoms with E-state index in [2.05, 4.69) is 60.8 Å². The summed E-state index contributed by atoms with van der Waals surface area (Å²) in [6.45, 7) is 6.23. The van der Waals surface area contributed by atoms with E-state index in [0.29, 0.717) is 0 Å². The normalized spacial score (nSPS) is 13.1. The molecule has 1 N–H and O–H groups in total. The smallest absolute Gasteiger partial charge is 0.0661 e. The van der Waals surface area contributed by atoms with E-state index in [9.17, 15) is 0 Å².